The number of nitrogen functional groups attached to an aromatic ring is 1. The van der Waals surface area contributed by atoms with Crippen molar-refractivity contribution in [2.45, 2.75) is 32.7 Å². The van der Waals surface area contributed by atoms with Crippen molar-refractivity contribution in [3.63, 3.8) is 0 Å². The van der Waals surface area contributed by atoms with Crippen LogP contribution in [0.25, 0.3) is 0 Å². The van der Waals surface area contributed by atoms with E-state index in [2.05, 4.69) is 19.2 Å². The molecule has 0 saturated carbocycles. The maximum atomic E-state index is 5.92. The van der Waals surface area contributed by atoms with Crippen LogP contribution in [0.3, 0.4) is 0 Å². The summed E-state index contributed by atoms with van der Waals surface area (Å²) in [6.07, 6.45) is 2.23. The molecule has 84 valence electrons. The maximum absolute atomic E-state index is 5.92. The van der Waals surface area contributed by atoms with Crippen LogP contribution in [0.5, 0.6) is 0 Å². The minimum atomic E-state index is 0.384. The van der Waals surface area contributed by atoms with Crippen molar-refractivity contribution >= 4 is 34.6 Å². The Morgan fingerprint density at radius 1 is 1.33 bits per heavy atom. The lowest BCUT2D eigenvalue weighted by Crippen LogP contribution is -2.15. The smallest absolute Gasteiger partial charge is 0.0614 e. The normalized spacial score (nSPS) is 12.5. The van der Waals surface area contributed by atoms with Gasteiger partial charge in [0.15, 0.2) is 0 Å². The van der Waals surface area contributed by atoms with E-state index < -0.39 is 0 Å². The summed E-state index contributed by atoms with van der Waals surface area (Å²) in [6, 6.07) is 3.82. The third-order valence-electron chi connectivity index (χ3n) is 2.22. The van der Waals surface area contributed by atoms with Gasteiger partial charge in [0.05, 0.1) is 21.4 Å². The van der Waals surface area contributed by atoms with Gasteiger partial charge in [0.2, 0.25) is 0 Å². The van der Waals surface area contributed by atoms with Gasteiger partial charge in [-0.3, -0.25) is 0 Å². The van der Waals surface area contributed by atoms with Crippen LogP contribution in [-0.2, 0) is 0 Å². The molecule has 0 aliphatic heterocycles. The summed E-state index contributed by atoms with van der Waals surface area (Å²) in [5.74, 6) is 0. The molecule has 1 unspecified atom stereocenters. The fourth-order valence-corrected chi connectivity index (χ4v) is 1.79. The first-order valence-electron chi connectivity index (χ1n) is 5.05. The molecule has 0 saturated heterocycles. The van der Waals surface area contributed by atoms with E-state index in [4.69, 9.17) is 28.9 Å². The lowest BCUT2D eigenvalue weighted by molar-refractivity contribution is 0.691. The zero-order chi connectivity index (χ0) is 11.4. The highest BCUT2D eigenvalue weighted by atomic mass is 35.5. The SMILES string of the molecule is CCCC(C)Nc1cc(Cl)c(Cl)cc1N. The van der Waals surface area contributed by atoms with Crippen molar-refractivity contribution in [1.29, 1.82) is 0 Å². The highest BCUT2D eigenvalue weighted by molar-refractivity contribution is 6.42. The topological polar surface area (TPSA) is 38.0 Å². The Labute approximate surface area is 101 Å². The molecule has 1 aromatic rings. The average Bonchev–Trinajstić information content (AvgIpc) is 2.14. The molecule has 1 aromatic carbocycles. The van der Waals surface area contributed by atoms with Gasteiger partial charge in [0.1, 0.15) is 0 Å². The van der Waals surface area contributed by atoms with Gasteiger partial charge in [0.25, 0.3) is 0 Å². The first-order chi connectivity index (χ1) is 7.04. The van der Waals surface area contributed by atoms with Gasteiger partial charge in [-0.1, -0.05) is 36.5 Å². The molecule has 3 N–H and O–H groups in total. The quantitative estimate of drug-likeness (QED) is 0.783. The van der Waals surface area contributed by atoms with E-state index in [1.165, 1.54) is 0 Å². The average molecular weight is 247 g/mol. The number of halogens is 2. The van der Waals surface area contributed by atoms with E-state index in [0.29, 0.717) is 21.8 Å². The van der Waals surface area contributed by atoms with Gasteiger partial charge in [0, 0.05) is 6.04 Å². The zero-order valence-corrected chi connectivity index (χ0v) is 10.5. The molecule has 0 heterocycles. The Bertz CT molecular complexity index is 340. The van der Waals surface area contributed by atoms with Crippen LogP contribution < -0.4 is 11.1 Å². The number of benzene rings is 1. The van der Waals surface area contributed by atoms with Crippen LogP contribution in [0.1, 0.15) is 26.7 Å². The second-order valence-corrected chi connectivity index (χ2v) is 4.50. The van der Waals surface area contributed by atoms with E-state index in [9.17, 15) is 0 Å². The van der Waals surface area contributed by atoms with Crippen molar-refractivity contribution in [1.82, 2.24) is 0 Å². The fraction of sp³-hybridized carbons (Fsp3) is 0.455. The van der Waals surface area contributed by atoms with E-state index in [1.807, 2.05) is 0 Å². The summed E-state index contributed by atoms with van der Waals surface area (Å²) in [5.41, 5.74) is 7.31. The van der Waals surface area contributed by atoms with Crippen LogP contribution in [-0.4, -0.2) is 6.04 Å². The summed E-state index contributed by atoms with van der Waals surface area (Å²) in [5, 5.41) is 4.32. The van der Waals surface area contributed by atoms with Crippen molar-refractivity contribution in [3.8, 4) is 0 Å². The minimum Gasteiger partial charge on any atom is -0.397 e. The Morgan fingerprint density at radius 3 is 2.53 bits per heavy atom. The van der Waals surface area contributed by atoms with E-state index in [1.54, 1.807) is 12.1 Å². The molecule has 4 heteroatoms. The van der Waals surface area contributed by atoms with Gasteiger partial charge >= 0.3 is 0 Å². The molecule has 2 nitrogen and oxygen atoms in total. The number of nitrogens with one attached hydrogen (secondary N) is 1. The van der Waals surface area contributed by atoms with Crippen LogP contribution >= 0.6 is 23.2 Å². The summed E-state index contributed by atoms with van der Waals surface area (Å²) in [4.78, 5) is 0. The lowest BCUT2D eigenvalue weighted by Gasteiger charge is -2.16. The van der Waals surface area contributed by atoms with Crippen LogP contribution in [0.4, 0.5) is 11.4 Å². The maximum Gasteiger partial charge on any atom is 0.0614 e. The van der Waals surface area contributed by atoms with Crippen molar-refractivity contribution in [2.75, 3.05) is 11.1 Å². The second-order valence-electron chi connectivity index (χ2n) is 3.69. The van der Waals surface area contributed by atoms with Gasteiger partial charge in [-0.05, 0) is 25.5 Å². The predicted molar refractivity (Wildman–Crippen MR) is 68.9 cm³/mol. The Hall–Kier alpha value is -0.600. The molecule has 1 atom stereocenters. The highest BCUT2D eigenvalue weighted by Crippen LogP contribution is 2.31. The molecule has 0 fully saturated rings. The number of hydrogen-bond acceptors (Lipinski definition) is 2. The summed E-state index contributed by atoms with van der Waals surface area (Å²) in [7, 11) is 0. The van der Waals surface area contributed by atoms with Gasteiger partial charge in [-0.2, -0.15) is 0 Å². The predicted octanol–water partition coefficient (Wildman–Crippen LogP) is 4.18. The third kappa shape index (κ3) is 3.47. The summed E-state index contributed by atoms with van der Waals surface area (Å²) >= 11 is 11.8. The fourth-order valence-electron chi connectivity index (χ4n) is 1.46. The zero-order valence-electron chi connectivity index (χ0n) is 8.98. The second kappa shape index (κ2) is 5.47. The van der Waals surface area contributed by atoms with E-state index in [-0.39, 0.29) is 0 Å². The molecule has 0 amide bonds. The number of nitrogens with two attached hydrogens (primary N) is 1. The molecule has 0 spiro atoms. The Kier molecular flexibility index (Phi) is 4.55. The summed E-state index contributed by atoms with van der Waals surface area (Å²) in [6.45, 7) is 4.27. The minimum absolute atomic E-state index is 0.384. The monoisotopic (exact) mass is 246 g/mol. The standard InChI is InChI=1S/C11H16Cl2N2/c1-3-4-7(2)15-11-6-9(13)8(12)5-10(11)14/h5-7,15H,3-4,14H2,1-2H3. The lowest BCUT2D eigenvalue weighted by atomic mass is 10.2. The third-order valence-corrected chi connectivity index (χ3v) is 2.94. The van der Waals surface area contributed by atoms with Crippen molar-refractivity contribution in [3.05, 3.63) is 22.2 Å². The molecule has 0 aliphatic rings. The van der Waals surface area contributed by atoms with Crippen molar-refractivity contribution in [2.24, 2.45) is 0 Å². The largest absolute Gasteiger partial charge is 0.397 e. The van der Waals surface area contributed by atoms with E-state index in [0.717, 1.165) is 18.5 Å². The molecule has 0 radical (unpaired) electrons. The highest BCUT2D eigenvalue weighted by Gasteiger charge is 2.07. The molecule has 1 rings (SSSR count). The first kappa shape index (κ1) is 12.5. The van der Waals surface area contributed by atoms with Gasteiger partial charge < -0.3 is 11.1 Å². The number of rotatable bonds is 4. The van der Waals surface area contributed by atoms with Gasteiger partial charge in [-0.15, -0.1) is 0 Å². The van der Waals surface area contributed by atoms with Crippen LogP contribution in [0.15, 0.2) is 12.1 Å². The molecule has 0 bridgehead atoms. The molecular formula is C11H16Cl2N2. The van der Waals surface area contributed by atoms with Crippen molar-refractivity contribution < 1.29 is 0 Å². The molecule has 15 heavy (non-hydrogen) atoms. The molecule has 0 aromatic heterocycles. The Balaban J connectivity index is 2.81. The Morgan fingerprint density at radius 2 is 1.93 bits per heavy atom. The van der Waals surface area contributed by atoms with E-state index >= 15 is 0 Å². The van der Waals surface area contributed by atoms with Crippen LogP contribution in [0.2, 0.25) is 10.0 Å². The summed E-state index contributed by atoms with van der Waals surface area (Å²) < 4.78 is 0. The van der Waals surface area contributed by atoms with Crippen LogP contribution in [0, 0.1) is 0 Å². The molecular weight excluding hydrogens is 231 g/mol. The number of hydrogen-bond donors (Lipinski definition) is 2. The van der Waals surface area contributed by atoms with Gasteiger partial charge in [-0.25, -0.2) is 0 Å². The molecule has 0 aliphatic carbocycles. The number of anilines is 2. The first-order valence-corrected chi connectivity index (χ1v) is 5.81.